The Labute approximate surface area is 188 Å². The largest absolute Gasteiger partial charge is 0.378 e. The fraction of sp³-hybridized carbons (Fsp3) is 0.458. The van der Waals surface area contributed by atoms with Crippen LogP contribution in [0.25, 0.3) is 0 Å². The molecule has 0 aromatic heterocycles. The number of halogens is 1. The number of nitrogens with one attached hydrogen (secondary N) is 1. The lowest BCUT2D eigenvalue weighted by Crippen LogP contribution is -2.44. The van der Waals surface area contributed by atoms with Crippen LogP contribution in [0.15, 0.2) is 53.4 Å². The minimum absolute atomic E-state index is 0.0241. The number of hydrogen-bond donors (Lipinski definition) is 1. The minimum Gasteiger partial charge on any atom is -0.378 e. The summed E-state index contributed by atoms with van der Waals surface area (Å²) in [4.78, 5) is 15.5. The molecule has 0 bridgehead atoms. The van der Waals surface area contributed by atoms with E-state index in [4.69, 9.17) is 4.74 Å². The highest BCUT2D eigenvalue weighted by Crippen LogP contribution is 2.41. The fourth-order valence-electron chi connectivity index (χ4n) is 4.69. The maximum atomic E-state index is 13.5. The molecule has 1 heterocycles. The van der Waals surface area contributed by atoms with E-state index < -0.39 is 9.84 Å². The van der Waals surface area contributed by atoms with Crippen LogP contribution in [0.2, 0.25) is 0 Å². The van der Waals surface area contributed by atoms with E-state index in [1.54, 1.807) is 24.3 Å². The summed E-state index contributed by atoms with van der Waals surface area (Å²) in [6.07, 6.45) is 2.69. The highest BCUT2D eigenvalue weighted by atomic mass is 32.2. The first kappa shape index (κ1) is 22.9. The molecule has 172 valence electrons. The predicted octanol–water partition coefficient (Wildman–Crippen LogP) is 2.74. The van der Waals surface area contributed by atoms with E-state index in [0.717, 1.165) is 17.5 Å². The molecule has 6 nitrogen and oxygen atoms in total. The normalized spacial score (nSPS) is 23.9. The van der Waals surface area contributed by atoms with Crippen LogP contribution >= 0.6 is 0 Å². The lowest BCUT2D eigenvalue weighted by Gasteiger charge is -2.31. The lowest BCUT2D eigenvalue weighted by molar-refractivity contribution is -0.140. The number of amides is 1. The maximum Gasteiger partial charge on any atom is 0.226 e. The number of rotatable bonds is 6. The van der Waals surface area contributed by atoms with Gasteiger partial charge in [0, 0.05) is 37.8 Å². The summed E-state index contributed by atoms with van der Waals surface area (Å²) in [7, 11) is -3.22. The minimum atomic E-state index is -3.22. The van der Waals surface area contributed by atoms with Crippen LogP contribution in [-0.4, -0.2) is 57.8 Å². The first-order valence-corrected chi connectivity index (χ1v) is 12.8. The van der Waals surface area contributed by atoms with E-state index in [2.05, 4.69) is 5.32 Å². The molecule has 1 saturated heterocycles. The van der Waals surface area contributed by atoms with Crippen molar-refractivity contribution in [1.29, 1.82) is 0 Å². The second kappa shape index (κ2) is 9.68. The highest BCUT2D eigenvalue weighted by Gasteiger charge is 2.41. The fourth-order valence-corrected chi connectivity index (χ4v) is 5.32. The number of morpholine rings is 1. The summed E-state index contributed by atoms with van der Waals surface area (Å²) in [5.74, 6) is -0.279. The number of carbonyl (C=O) groups excluding carboxylic acids is 1. The van der Waals surface area contributed by atoms with Crippen molar-refractivity contribution < 1.29 is 22.3 Å². The summed E-state index contributed by atoms with van der Waals surface area (Å²) >= 11 is 0. The number of sulfone groups is 1. The van der Waals surface area contributed by atoms with E-state index in [-0.39, 0.29) is 29.6 Å². The third kappa shape index (κ3) is 5.36. The van der Waals surface area contributed by atoms with Gasteiger partial charge in [-0.25, -0.2) is 12.8 Å². The van der Waals surface area contributed by atoms with Gasteiger partial charge in [-0.15, -0.1) is 0 Å². The predicted molar refractivity (Wildman–Crippen MR) is 119 cm³/mol. The summed E-state index contributed by atoms with van der Waals surface area (Å²) in [6.45, 7) is 2.92. The van der Waals surface area contributed by atoms with E-state index in [9.17, 15) is 17.6 Å². The van der Waals surface area contributed by atoms with E-state index in [1.807, 2.05) is 17.0 Å². The van der Waals surface area contributed by atoms with Gasteiger partial charge < -0.3 is 15.0 Å². The average Bonchev–Trinajstić information content (AvgIpc) is 3.22. The molecule has 2 aromatic rings. The van der Waals surface area contributed by atoms with Gasteiger partial charge in [0.05, 0.1) is 18.1 Å². The van der Waals surface area contributed by atoms with Crippen molar-refractivity contribution in [2.45, 2.75) is 36.2 Å². The zero-order chi connectivity index (χ0) is 22.7. The zero-order valence-corrected chi connectivity index (χ0v) is 19.0. The molecule has 2 aromatic carbocycles. The Hall–Kier alpha value is -2.29. The molecular formula is C24H29FN2O4S. The Balaban J connectivity index is 1.46. The summed E-state index contributed by atoms with van der Waals surface area (Å²) in [5, 5.41) is 3.54. The first-order chi connectivity index (χ1) is 15.3. The summed E-state index contributed by atoms with van der Waals surface area (Å²) in [5.41, 5.74) is 1.97. The van der Waals surface area contributed by atoms with Crippen molar-refractivity contribution in [3.63, 3.8) is 0 Å². The Morgan fingerprint density at radius 1 is 1.06 bits per heavy atom. The smallest absolute Gasteiger partial charge is 0.226 e. The Morgan fingerprint density at radius 2 is 1.72 bits per heavy atom. The average molecular weight is 461 g/mol. The van der Waals surface area contributed by atoms with Crippen molar-refractivity contribution in [3.05, 3.63) is 65.5 Å². The summed E-state index contributed by atoms with van der Waals surface area (Å²) in [6, 6.07) is 13.5. The molecule has 2 fully saturated rings. The monoisotopic (exact) mass is 460 g/mol. The standard InChI is InChI=1S/C24H29FN2O4S/c1-32(29,30)21-8-2-17(3-9-21)16-26-20-14-22(18-4-6-19(25)7-5-18)23(15-20)24(28)27-10-12-31-13-11-27/h2-9,20,22-23,26H,10-16H2,1H3/t20-,22+,23-/m0/s1. The van der Waals surface area contributed by atoms with E-state index in [0.29, 0.717) is 44.2 Å². The van der Waals surface area contributed by atoms with Gasteiger partial charge >= 0.3 is 0 Å². The van der Waals surface area contributed by atoms with Gasteiger partial charge in [-0.1, -0.05) is 24.3 Å². The first-order valence-electron chi connectivity index (χ1n) is 11.0. The van der Waals surface area contributed by atoms with Crippen molar-refractivity contribution >= 4 is 15.7 Å². The van der Waals surface area contributed by atoms with Gasteiger partial charge in [-0.3, -0.25) is 4.79 Å². The molecule has 4 rings (SSSR count). The van der Waals surface area contributed by atoms with Crippen molar-refractivity contribution in [1.82, 2.24) is 10.2 Å². The van der Waals surface area contributed by atoms with Gasteiger partial charge in [-0.2, -0.15) is 0 Å². The molecular weight excluding hydrogens is 431 g/mol. The molecule has 8 heteroatoms. The zero-order valence-electron chi connectivity index (χ0n) is 18.2. The van der Waals surface area contributed by atoms with Crippen LogP contribution in [0, 0.1) is 11.7 Å². The van der Waals surface area contributed by atoms with Crippen LogP contribution in [0.1, 0.15) is 29.9 Å². The SMILES string of the molecule is CS(=O)(=O)c1ccc(CN[C@@H]2C[C@H](C(=O)N3CCOCC3)[C@@H](c3ccc(F)cc3)C2)cc1. The van der Waals surface area contributed by atoms with Crippen LogP contribution in [0.4, 0.5) is 4.39 Å². The molecule has 1 amide bonds. The molecule has 1 aliphatic carbocycles. The van der Waals surface area contributed by atoms with Gasteiger partial charge in [0.2, 0.25) is 5.91 Å². The Morgan fingerprint density at radius 3 is 2.34 bits per heavy atom. The lowest BCUT2D eigenvalue weighted by atomic mass is 9.88. The van der Waals surface area contributed by atoms with Gasteiger partial charge in [0.15, 0.2) is 9.84 Å². The molecule has 3 atom stereocenters. The molecule has 2 aliphatic rings. The van der Waals surface area contributed by atoms with Crippen LogP contribution < -0.4 is 5.32 Å². The molecule has 1 N–H and O–H groups in total. The van der Waals surface area contributed by atoms with Crippen molar-refractivity contribution in [2.24, 2.45) is 5.92 Å². The molecule has 1 saturated carbocycles. The Kier molecular flexibility index (Phi) is 6.93. The topological polar surface area (TPSA) is 75.7 Å². The second-order valence-corrected chi connectivity index (χ2v) is 10.7. The second-order valence-electron chi connectivity index (χ2n) is 8.67. The number of ether oxygens (including phenoxy) is 1. The highest BCUT2D eigenvalue weighted by molar-refractivity contribution is 7.90. The van der Waals surface area contributed by atoms with E-state index >= 15 is 0 Å². The number of nitrogens with zero attached hydrogens (tertiary/aromatic N) is 1. The number of carbonyl (C=O) groups is 1. The molecule has 0 spiro atoms. The van der Waals surface area contributed by atoms with Gasteiger partial charge in [0.25, 0.3) is 0 Å². The van der Waals surface area contributed by atoms with Crippen LogP contribution in [-0.2, 0) is 25.9 Å². The summed E-state index contributed by atoms with van der Waals surface area (Å²) < 4.78 is 42.2. The molecule has 1 aliphatic heterocycles. The number of benzene rings is 2. The molecule has 0 radical (unpaired) electrons. The molecule has 0 unspecified atom stereocenters. The van der Waals surface area contributed by atoms with Gasteiger partial charge in [-0.05, 0) is 54.2 Å². The van der Waals surface area contributed by atoms with Crippen molar-refractivity contribution in [2.75, 3.05) is 32.6 Å². The maximum absolute atomic E-state index is 13.5. The molecule has 32 heavy (non-hydrogen) atoms. The van der Waals surface area contributed by atoms with Gasteiger partial charge in [0.1, 0.15) is 5.82 Å². The third-order valence-electron chi connectivity index (χ3n) is 6.45. The number of hydrogen-bond acceptors (Lipinski definition) is 5. The Bertz CT molecular complexity index is 1030. The van der Waals surface area contributed by atoms with E-state index in [1.165, 1.54) is 18.4 Å². The quantitative estimate of drug-likeness (QED) is 0.718. The third-order valence-corrected chi connectivity index (χ3v) is 7.58. The van der Waals surface area contributed by atoms with Crippen LogP contribution in [0.3, 0.4) is 0 Å². The van der Waals surface area contributed by atoms with Crippen molar-refractivity contribution in [3.8, 4) is 0 Å². The van der Waals surface area contributed by atoms with Crippen LogP contribution in [0.5, 0.6) is 0 Å².